The number of carbonyl (C=O) groups is 3. The van der Waals surface area contributed by atoms with Gasteiger partial charge in [-0.2, -0.15) is 0 Å². The smallest absolute Gasteiger partial charge is 0.253 e. The van der Waals surface area contributed by atoms with Crippen molar-refractivity contribution < 1.29 is 39.6 Å². The molecule has 3 amide bonds. The van der Waals surface area contributed by atoms with Crippen molar-refractivity contribution in [1.29, 1.82) is 0 Å². The molecule has 0 atom stereocenters. The zero-order valence-corrected chi connectivity index (χ0v) is 57.7. The van der Waals surface area contributed by atoms with Gasteiger partial charge in [-0.1, -0.05) is 116 Å². The van der Waals surface area contributed by atoms with Gasteiger partial charge in [-0.3, -0.25) is 29.4 Å². The van der Waals surface area contributed by atoms with E-state index in [2.05, 4.69) is 72.5 Å². The predicted octanol–water partition coefficient (Wildman–Crippen LogP) is 11.0. The number of aliphatic imine (C=N–C) groups is 3. The number of allylic oxidation sites excluding steroid dienone is 3. The van der Waals surface area contributed by atoms with Gasteiger partial charge < -0.3 is 31.2 Å². The molecule has 6 aliphatic heterocycles. The van der Waals surface area contributed by atoms with Crippen molar-refractivity contribution in [1.82, 2.24) is 39.8 Å². The molecule has 502 valence electrons. The molecule has 8 heterocycles. The lowest BCUT2D eigenvalue weighted by Crippen LogP contribution is -2.50. The third-order valence-corrected chi connectivity index (χ3v) is 25.1. The van der Waals surface area contributed by atoms with Gasteiger partial charge in [-0.25, -0.2) is 33.9 Å². The van der Waals surface area contributed by atoms with Gasteiger partial charge in [0.2, 0.25) is 29.1 Å². The topological polar surface area (TPSA) is 277 Å². The fourth-order valence-corrected chi connectivity index (χ4v) is 18.0. The highest BCUT2D eigenvalue weighted by molar-refractivity contribution is 9.10. The van der Waals surface area contributed by atoms with Crippen molar-refractivity contribution in [2.45, 2.75) is 171 Å². The second-order valence-corrected chi connectivity index (χ2v) is 33.6. The summed E-state index contributed by atoms with van der Waals surface area (Å²) in [6.45, 7) is 10.2. The Balaban J connectivity index is 0.000000148. The normalized spacial score (nSPS) is 22.2. The molecule has 6 N–H and O–H groups in total. The van der Waals surface area contributed by atoms with Crippen LogP contribution in [-0.2, 0) is 43.5 Å². The number of halogens is 2. The van der Waals surface area contributed by atoms with Gasteiger partial charge in [-0.05, 0) is 145 Å². The molecule has 13 rings (SSSR count). The molecular formula is C67H93BrClN11O9S3. The van der Waals surface area contributed by atoms with E-state index in [1.165, 1.54) is 91.9 Å². The molecule has 3 saturated carbocycles. The van der Waals surface area contributed by atoms with Gasteiger partial charge >= 0.3 is 0 Å². The fourth-order valence-electron chi connectivity index (χ4n) is 13.9. The monoisotopic (exact) mass is 1410 g/mol. The first-order valence-electron chi connectivity index (χ1n) is 33.2. The minimum Gasteiger partial charge on any atom is -0.361 e. The van der Waals surface area contributed by atoms with Crippen LogP contribution in [0.5, 0.6) is 0 Å². The third-order valence-electron chi connectivity index (χ3n) is 19.4. The number of H-pyrrole nitrogens is 2. The molecule has 0 bridgehead atoms. The Morgan fingerprint density at radius 3 is 1.33 bits per heavy atom. The van der Waals surface area contributed by atoms with Crippen LogP contribution in [0.3, 0.4) is 0 Å². The molecular weight excluding hydrogens is 1310 g/mol. The highest BCUT2D eigenvalue weighted by atomic mass is 79.9. The molecule has 2 aromatic carbocycles. The number of benzene rings is 2. The number of carbonyl (C=O) groups excluding carboxylic acids is 3. The number of amides is 3. The first-order chi connectivity index (χ1) is 44.2. The molecule has 2 aromatic heterocycles. The van der Waals surface area contributed by atoms with E-state index >= 15 is 0 Å². The van der Waals surface area contributed by atoms with Crippen LogP contribution in [0.4, 0.5) is 0 Å². The lowest BCUT2D eigenvalue weighted by molar-refractivity contribution is -0.125. The van der Waals surface area contributed by atoms with Gasteiger partial charge in [0.25, 0.3) is 17.7 Å². The number of hydrogen-bond acceptors (Lipinski definition) is 13. The largest absolute Gasteiger partial charge is 0.361 e. The number of hydrogen-bond donors (Lipinski definition) is 6. The number of piperidine rings is 3. The fraction of sp³-hybridized carbons (Fsp3) is 0.582. The van der Waals surface area contributed by atoms with Crippen molar-refractivity contribution in [3.05, 3.63) is 102 Å². The molecule has 0 unspecified atom stereocenters. The van der Waals surface area contributed by atoms with Gasteiger partial charge in [0, 0.05) is 93.3 Å². The number of aromatic amines is 2. The van der Waals surface area contributed by atoms with Gasteiger partial charge in [-0.15, -0.1) is 13.2 Å². The average molecular weight is 1410 g/mol. The minimum atomic E-state index is -3.37. The summed E-state index contributed by atoms with van der Waals surface area (Å²) in [6.07, 6.45) is 33.8. The van der Waals surface area contributed by atoms with Crippen LogP contribution >= 0.6 is 26.6 Å². The van der Waals surface area contributed by atoms with E-state index in [9.17, 15) is 39.6 Å². The number of rotatable bonds is 15. The number of aromatic nitrogens is 2. The van der Waals surface area contributed by atoms with Crippen LogP contribution in [0.15, 0.2) is 112 Å². The number of nitrogens with one attached hydrogen (secondary N) is 6. The summed E-state index contributed by atoms with van der Waals surface area (Å²) in [6, 6.07) is 16.2. The van der Waals surface area contributed by atoms with E-state index < -0.39 is 45.7 Å². The van der Waals surface area contributed by atoms with E-state index in [1.54, 1.807) is 10.4 Å². The minimum absolute atomic E-state index is 0.0158. The predicted molar refractivity (Wildman–Crippen MR) is 373 cm³/mol. The molecule has 3 aliphatic carbocycles. The molecule has 9 aliphatic rings. The Hall–Kier alpha value is -5.34. The van der Waals surface area contributed by atoms with Crippen molar-refractivity contribution in [2.75, 3.05) is 56.5 Å². The number of amidine groups is 3. The summed E-state index contributed by atoms with van der Waals surface area (Å²) >= 11 is 3.46. The zero-order valence-electron chi connectivity index (χ0n) is 53.0. The molecule has 0 radical (unpaired) electrons. The lowest BCUT2D eigenvalue weighted by Gasteiger charge is -2.34. The molecule has 25 heteroatoms. The van der Waals surface area contributed by atoms with Gasteiger partial charge in [0.1, 0.15) is 34.1 Å². The summed E-state index contributed by atoms with van der Waals surface area (Å²) in [5.74, 6) is 4.16. The van der Waals surface area contributed by atoms with Crippen molar-refractivity contribution in [2.24, 2.45) is 32.7 Å². The molecule has 6 fully saturated rings. The van der Waals surface area contributed by atoms with E-state index in [4.69, 9.17) is 25.7 Å². The summed E-state index contributed by atoms with van der Waals surface area (Å²) in [4.78, 5) is 58.2. The molecule has 20 nitrogen and oxygen atoms in total. The van der Waals surface area contributed by atoms with Crippen LogP contribution < -0.4 is 21.3 Å². The number of nitrogens with zero attached hydrogens (tertiary/aromatic N) is 5. The lowest BCUT2D eigenvalue weighted by atomic mass is 9.88. The highest BCUT2D eigenvalue weighted by Gasteiger charge is 2.50. The Bertz CT molecular complexity index is 3690. The zero-order chi connectivity index (χ0) is 65.4. The van der Waals surface area contributed by atoms with Crippen LogP contribution in [0.25, 0.3) is 27.9 Å². The van der Waals surface area contributed by atoms with Crippen LogP contribution in [0, 0.1) is 17.8 Å². The van der Waals surface area contributed by atoms with Crippen LogP contribution in [0.2, 0.25) is 0 Å². The average Bonchev–Trinajstić information content (AvgIpc) is 1.61. The summed E-state index contributed by atoms with van der Waals surface area (Å²) < 4.78 is 74.8. The third kappa shape index (κ3) is 18.4. The van der Waals surface area contributed by atoms with E-state index in [-0.39, 0.29) is 35.0 Å². The molecule has 3 spiro atoms. The maximum atomic E-state index is 12.9. The Labute approximate surface area is 556 Å². The Kier molecular flexibility index (Phi) is 25.0. The molecule has 92 heavy (non-hydrogen) atoms. The SMILES string of the molecule is Brc1cccc2[nH]ccc12.C=CCCS(=O)(=O)Cl.C=CCCS(=O)(=O)N1CCC2(CC1)N=C(C1CCCCC1)NC2=O.O=C1NC(C2CCCCC2)=NC12CCN(S(=O)(=O)CC/C=C/c1cccc3[nH]ccc13)CC2.O=C1NC(C2CCCCC2)=NC12CCNCC2. The maximum absolute atomic E-state index is 12.9. The first-order valence-corrected chi connectivity index (χ1v) is 39.6. The molecule has 3 saturated heterocycles. The first kappa shape index (κ1) is 71.0. The van der Waals surface area contributed by atoms with E-state index in [1.807, 2.05) is 60.9 Å². The maximum Gasteiger partial charge on any atom is 0.253 e. The standard InChI is InChI=1S/C25H32N4O3S.C17H27N3O3S.C13H21N3O.C8H6BrN.C4H7ClO2S/c30-24-25(28-23(27-24)20-8-2-1-3-9-20)13-16-29(17-14-25)33(31,32)18-5-4-7-19-10-6-11-22-21(19)12-15-26-22;1-2-3-13-24(22,23)20-11-9-17(10-12-20)16(21)18-15(19-17)14-7-5-4-6-8-14;17-12-13(6-8-14-9-7-13)16-11(15-12)10-4-2-1-3-5-10;9-7-2-1-3-8-6(7)4-5-10-8;1-2-3-4-8(5,6)7/h4,6-7,10-12,15,20,26H,1-3,5,8-9,13-14,16-18H2,(H,27,28,30);2,14H,1,3-13H2,(H,18,19,21);10,14H,1-9H2,(H,15,16,17);1-5,10H;2H,1,3-4H2/b7-4+;;;;. The van der Waals surface area contributed by atoms with E-state index in [0.717, 1.165) is 90.1 Å². The van der Waals surface area contributed by atoms with E-state index in [0.29, 0.717) is 88.9 Å². The second-order valence-electron chi connectivity index (χ2n) is 25.7. The Morgan fingerprint density at radius 1 is 0.522 bits per heavy atom. The quantitative estimate of drug-likeness (QED) is 0.0484. The number of sulfonamides is 2. The van der Waals surface area contributed by atoms with Crippen LogP contribution in [-0.4, -0.2) is 152 Å². The summed E-state index contributed by atoms with van der Waals surface area (Å²) in [5, 5.41) is 14.8. The number of fused-ring (bicyclic) bond motifs is 2. The van der Waals surface area contributed by atoms with Crippen molar-refractivity contribution in [3.8, 4) is 0 Å². The Morgan fingerprint density at radius 2 is 0.913 bits per heavy atom. The van der Waals surface area contributed by atoms with Crippen LogP contribution in [0.1, 0.15) is 160 Å². The van der Waals surface area contributed by atoms with Gasteiger partial charge in [0.15, 0.2) is 0 Å². The van der Waals surface area contributed by atoms with Crippen molar-refractivity contribution >= 4 is 119 Å². The highest BCUT2D eigenvalue weighted by Crippen LogP contribution is 2.38. The second kappa shape index (κ2) is 32.4. The van der Waals surface area contributed by atoms with Crippen molar-refractivity contribution in [3.63, 3.8) is 0 Å². The summed E-state index contributed by atoms with van der Waals surface area (Å²) in [7, 11) is -5.08. The molecule has 4 aromatic rings. The summed E-state index contributed by atoms with van der Waals surface area (Å²) in [5.41, 5.74) is 1.39. The van der Waals surface area contributed by atoms with Gasteiger partial charge in [0.05, 0.1) is 17.3 Å².